The summed E-state index contributed by atoms with van der Waals surface area (Å²) in [6.45, 7) is 3.38. The summed E-state index contributed by atoms with van der Waals surface area (Å²) in [6, 6.07) is 10.2. The molecule has 1 fully saturated rings. The molecule has 0 atom stereocenters. The van der Waals surface area contributed by atoms with Gasteiger partial charge < -0.3 is 0 Å². The van der Waals surface area contributed by atoms with Gasteiger partial charge in [0.2, 0.25) is 0 Å². The van der Waals surface area contributed by atoms with Crippen LogP contribution in [0.1, 0.15) is 31.2 Å². The van der Waals surface area contributed by atoms with Gasteiger partial charge in [0.15, 0.2) is 0 Å². The maximum atomic E-state index is 3.28. The number of hydrogen-bond acceptors (Lipinski definition) is 1. The number of rotatable bonds is 1. The quantitative estimate of drug-likeness (QED) is 0.648. The molecule has 0 aliphatic carbocycles. The summed E-state index contributed by atoms with van der Waals surface area (Å²) in [5, 5.41) is 0. The Balaban J connectivity index is 1.84. The fraction of sp³-hybridized carbons (Fsp3) is 0.467. The molecule has 0 spiro atoms. The van der Waals surface area contributed by atoms with Gasteiger partial charge in [0.05, 0.1) is 6.54 Å². The molecule has 0 amide bonds. The lowest BCUT2D eigenvalue weighted by Crippen LogP contribution is -2.24. The maximum absolute atomic E-state index is 3.28. The van der Waals surface area contributed by atoms with Crippen molar-refractivity contribution < 1.29 is 0 Å². The van der Waals surface area contributed by atoms with E-state index in [1.807, 2.05) is 18.2 Å². The fourth-order valence-electron chi connectivity index (χ4n) is 2.07. The van der Waals surface area contributed by atoms with Crippen molar-refractivity contribution in [3.05, 3.63) is 35.9 Å². The molecule has 1 aliphatic rings. The summed E-state index contributed by atoms with van der Waals surface area (Å²) < 4.78 is 0. The van der Waals surface area contributed by atoms with Crippen molar-refractivity contribution in [2.24, 2.45) is 0 Å². The molecule has 1 aromatic rings. The fourth-order valence-corrected chi connectivity index (χ4v) is 2.07. The van der Waals surface area contributed by atoms with E-state index in [9.17, 15) is 0 Å². The van der Waals surface area contributed by atoms with Crippen molar-refractivity contribution in [1.29, 1.82) is 0 Å². The largest absolute Gasteiger partial charge is 0.292 e. The first-order valence-electron chi connectivity index (χ1n) is 6.21. The van der Waals surface area contributed by atoms with Gasteiger partial charge in [-0.2, -0.15) is 0 Å². The predicted molar refractivity (Wildman–Crippen MR) is 68.2 cm³/mol. The maximum Gasteiger partial charge on any atom is 0.0605 e. The van der Waals surface area contributed by atoms with Gasteiger partial charge >= 0.3 is 0 Å². The van der Waals surface area contributed by atoms with Crippen LogP contribution in [0.15, 0.2) is 30.3 Å². The summed E-state index contributed by atoms with van der Waals surface area (Å²) in [5.41, 5.74) is 1.12. The van der Waals surface area contributed by atoms with E-state index in [1.165, 1.54) is 38.8 Å². The molecule has 0 N–H and O–H groups in total. The molecule has 16 heavy (non-hydrogen) atoms. The van der Waals surface area contributed by atoms with Crippen LogP contribution >= 0.6 is 0 Å². The monoisotopic (exact) mass is 213 g/mol. The number of nitrogens with zero attached hydrogens (tertiary/aromatic N) is 1. The average molecular weight is 213 g/mol. The first kappa shape index (κ1) is 11.2. The van der Waals surface area contributed by atoms with E-state index in [0.29, 0.717) is 0 Å². The van der Waals surface area contributed by atoms with E-state index >= 15 is 0 Å². The Bertz CT molecular complexity index is 350. The molecular formula is C15H19N. The minimum Gasteiger partial charge on any atom is -0.292 e. The molecule has 84 valence electrons. The summed E-state index contributed by atoms with van der Waals surface area (Å²) in [6.07, 6.45) is 5.46. The average Bonchev–Trinajstić information content (AvgIpc) is 2.59. The van der Waals surface area contributed by atoms with Gasteiger partial charge in [-0.15, -0.1) is 0 Å². The molecule has 2 rings (SSSR count). The topological polar surface area (TPSA) is 3.24 Å². The molecule has 0 unspecified atom stereocenters. The van der Waals surface area contributed by atoms with Crippen LogP contribution in [-0.2, 0) is 0 Å². The Kier molecular flexibility index (Phi) is 4.46. The normalized spacial score (nSPS) is 17.2. The number of likely N-dealkylation sites (tertiary alicyclic amines) is 1. The highest BCUT2D eigenvalue weighted by Gasteiger charge is 2.06. The summed E-state index contributed by atoms with van der Waals surface area (Å²) >= 11 is 0. The molecule has 0 bridgehead atoms. The lowest BCUT2D eigenvalue weighted by Gasteiger charge is -2.15. The van der Waals surface area contributed by atoms with Crippen LogP contribution < -0.4 is 0 Å². The second-order valence-corrected chi connectivity index (χ2v) is 4.36. The van der Waals surface area contributed by atoms with E-state index in [1.54, 1.807) is 0 Å². The first-order chi connectivity index (χ1) is 7.95. The Morgan fingerprint density at radius 2 is 1.62 bits per heavy atom. The van der Waals surface area contributed by atoms with Gasteiger partial charge in [0, 0.05) is 5.56 Å². The lowest BCUT2D eigenvalue weighted by atomic mass is 10.2. The van der Waals surface area contributed by atoms with Crippen molar-refractivity contribution in [1.82, 2.24) is 4.90 Å². The highest BCUT2D eigenvalue weighted by atomic mass is 15.1. The molecule has 1 heterocycles. The summed E-state index contributed by atoms with van der Waals surface area (Å²) in [5.74, 6) is 6.50. The van der Waals surface area contributed by atoms with E-state index in [0.717, 1.165) is 12.1 Å². The Hall–Kier alpha value is -1.26. The third kappa shape index (κ3) is 3.72. The van der Waals surface area contributed by atoms with E-state index in [-0.39, 0.29) is 0 Å². The molecule has 0 aromatic heterocycles. The van der Waals surface area contributed by atoms with Gasteiger partial charge in [0.25, 0.3) is 0 Å². The van der Waals surface area contributed by atoms with Crippen molar-refractivity contribution >= 4 is 0 Å². The Labute approximate surface area is 98.5 Å². The van der Waals surface area contributed by atoms with Crippen molar-refractivity contribution in [2.45, 2.75) is 25.7 Å². The first-order valence-corrected chi connectivity index (χ1v) is 6.21. The van der Waals surface area contributed by atoms with Crippen LogP contribution in [0.5, 0.6) is 0 Å². The Morgan fingerprint density at radius 1 is 0.938 bits per heavy atom. The molecule has 0 saturated carbocycles. The SMILES string of the molecule is C(#Cc1ccccc1)CN1CCCCCC1. The van der Waals surface area contributed by atoms with E-state index in [2.05, 4.69) is 28.9 Å². The third-order valence-electron chi connectivity index (χ3n) is 3.01. The zero-order chi connectivity index (χ0) is 11.1. The summed E-state index contributed by atoms with van der Waals surface area (Å²) in [7, 11) is 0. The van der Waals surface area contributed by atoms with Crippen LogP contribution in [-0.4, -0.2) is 24.5 Å². The lowest BCUT2D eigenvalue weighted by molar-refractivity contribution is 0.320. The highest BCUT2D eigenvalue weighted by molar-refractivity contribution is 5.33. The second kappa shape index (κ2) is 6.35. The second-order valence-electron chi connectivity index (χ2n) is 4.36. The van der Waals surface area contributed by atoms with Gasteiger partial charge in [-0.3, -0.25) is 4.90 Å². The third-order valence-corrected chi connectivity index (χ3v) is 3.01. The van der Waals surface area contributed by atoms with Crippen LogP contribution in [0.25, 0.3) is 0 Å². The standard InChI is InChI=1S/C15H19N/c1-2-7-13-16(12-6-1)14-8-11-15-9-4-3-5-10-15/h3-5,9-10H,1-2,6-7,12-14H2. The van der Waals surface area contributed by atoms with Crippen LogP contribution in [0.3, 0.4) is 0 Å². The van der Waals surface area contributed by atoms with Crippen molar-refractivity contribution in [3.63, 3.8) is 0 Å². The molecule has 1 aliphatic heterocycles. The zero-order valence-electron chi connectivity index (χ0n) is 9.78. The molecule has 1 heteroatoms. The Morgan fingerprint density at radius 3 is 2.31 bits per heavy atom. The van der Waals surface area contributed by atoms with Gasteiger partial charge in [0.1, 0.15) is 0 Å². The highest BCUT2D eigenvalue weighted by Crippen LogP contribution is 2.08. The minimum atomic E-state index is 0.925. The number of benzene rings is 1. The molecule has 1 saturated heterocycles. The van der Waals surface area contributed by atoms with Crippen LogP contribution in [0.2, 0.25) is 0 Å². The molecule has 1 nitrogen and oxygen atoms in total. The van der Waals surface area contributed by atoms with E-state index < -0.39 is 0 Å². The smallest absolute Gasteiger partial charge is 0.0605 e. The van der Waals surface area contributed by atoms with E-state index in [4.69, 9.17) is 0 Å². The van der Waals surface area contributed by atoms with Gasteiger partial charge in [-0.05, 0) is 38.1 Å². The molecule has 0 radical (unpaired) electrons. The van der Waals surface area contributed by atoms with Gasteiger partial charge in [-0.25, -0.2) is 0 Å². The summed E-state index contributed by atoms with van der Waals surface area (Å²) in [4.78, 5) is 2.48. The minimum absolute atomic E-state index is 0.925. The van der Waals surface area contributed by atoms with Crippen molar-refractivity contribution in [3.8, 4) is 11.8 Å². The van der Waals surface area contributed by atoms with Crippen LogP contribution in [0, 0.1) is 11.8 Å². The molecular weight excluding hydrogens is 194 g/mol. The van der Waals surface area contributed by atoms with Crippen LogP contribution in [0.4, 0.5) is 0 Å². The van der Waals surface area contributed by atoms with Crippen molar-refractivity contribution in [2.75, 3.05) is 19.6 Å². The number of hydrogen-bond donors (Lipinski definition) is 0. The van der Waals surface area contributed by atoms with Gasteiger partial charge in [-0.1, -0.05) is 42.9 Å². The zero-order valence-corrected chi connectivity index (χ0v) is 9.78. The molecule has 1 aromatic carbocycles. The predicted octanol–water partition coefficient (Wildman–Crippen LogP) is 2.91.